The molecule has 0 atom stereocenters. The van der Waals surface area contributed by atoms with Crippen LogP contribution < -0.4 is 10.1 Å². The molecule has 0 saturated heterocycles. The average molecular weight is 532 g/mol. The molecule has 0 spiro atoms. The smallest absolute Gasteiger partial charge is 0.224 e. The maximum Gasteiger partial charge on any atom is 0.224 e. The maximum absolute atomic E-state index is 12.6. The molecule has 0 unspecified atom stereocenters. The molecule has 5 rings (SSSR count). The van der Waals surface area contributed by atoms with Crippen LogP contribution in [0.25, 0.3) is 22.2 Å². The molecule has 0 radical (unpaired) electrons. The molecule has 0 saturated carbocycles. The summed E-state index contributed by atoms with van der Waals surface area (Å²) in [6, 6.07) is 35.0. The molecule has 0 aliphatic carbocycles. The van der Waals surface area contributed by atoms with E-state index in [-0.39, 0.29) is 5.91 Å². The first-order chi connectivity index (χ1) is 19.6. The van der Waals surface area contributed by atoms with Crippen LogP contribution in [0.3, 0.4) is 0 Å². The summed E-state index contributed by atoms with van der Waals surface area (Å²) in [5, 5.41) is 3.08. The number of nitrogens with zero attached hydrogens (tertiary/aromatic N) is 2. The number of carbonyl (C=O) groups excluding carboxylic acids is 1. The van der Waals surface area contributed by atoms with Crippen molar-refractivity contribution in [1.29, 1.82) is 0 Å². The Kier molecular flexibility index (Phi) is 8.92. The van der Waals surface area contributed by atoms with Gasteiger partial charge in [0.2, 0.25) is 5.91 Å². The van der Waals surface area contributed by atoms with Crippen molar-refractivity contribution in [2.75, 3.05) is 13.2 Å². The highest BCUT2D eigenvalue weighted by Gasteiger charge is 2.11. The van der Waals surface area contributed by atoms with Gasteiger partial charge in [0.05, 0.1) is 24.0 Å². The molecule has 0 aliphatic rings. The summed E-state index contributed by atoms with van der Waals surface area (Å²) in [4.78, 5) is 17.5. The molecule has 0 bridgehead atoms. The Balaban J connectivity index is 1.12. The fraction of sp³-hybridized carbons (Fsp3) is 0.257. The van der Waals surface area contributed by atoms with E-state index < -0.39 is 0 Å². The van der Waals surface area contributed by atoms with Crippen molar-refractivity contribution in [1.82, 2.24) is 14.9 Å². The number of aromatic nitrogens is 2. The van der Waals surface area contributed by atoms with Gasteiger partial charge >= 0.3 is 0 Å². The van der Waals surface area contributed by atoms with Crippen LogP contribution in [-0.2, 0) is 24.2 Å². The highest BCUT2D eigenvalue weighted by molar-refractivity contribution is 5.79. The molecule has 1 aromatic heterocycles. The van der Waals surface area contributed by atoms with Crippen LogP contribution in [0.1, 0.15) is 43.1 Å². The Bertz CT molecular complexity index is 1520. The lowest BCUT2D eigenvalue weighted by Crippen LogP contribution is -2.26. The van der Waals surface area contributed by atoms with E-state index in [2.05, 4.69) is 66.2 Å². The van der Waals surface area contributed by atoms with Crippen LogP contribution in [0.15, 0.2) is 103 Å². The molecule has 1 heterocycles. The number of nitrogens with one attached hydrogen (secondary N) is 1. The Hall–Kier alpha value is -4.38. The minimum absolute atomic E-state index is 0.0397. The van der Waals surface area contributed by atoms with Gasteiger partial charge in [-0.3, -0.25) is 4.79 Å². The first-order valence-electron chi connectivity index (χ1n) is 14.1. The Morgan fingerprint density at radius 1 is 0.850 bits per heavy atom. The van der Waals surface area contributed by atoms with Crippen LogP contribution in [0.5, 0.6) is 5.75 Å². The Morgan fingerprint density at radius 2 is 1.55 bits per heavy atom. The molecule has 5 heteroatoms. The van der Waals surface area contributed by atoms with Gasteiger partial charge in [0, 0.05) is 13.0 Å². The van der Waals surface area contributed by atoms with Crippen LogP contribution in [0.4, 0.5) is 0 Å². The number of para-hydroxylation sites is 2. The van der Waals surface area contributed by atoms with Crippen molar-refractivity contribution < 1.29 is 9.53 Å². The first-order valence-corrected chi connectivity index (χ1v) is 14.1. The lowest BCUT2D eigenvalue weighted by molar-refractivity contribution is -0.120. The van der Waals surface area contributed by atoms with Crippen molar-refractivity contribution in [2.45, 2.75) is 45.6 Å². The zero-order valence-electron chi connectivity index (χ0n) is 23.3. The number of amides is 1. The Labute approximate surface area is 236 Å². The average Bonchev–Trinajstić information content (AvgIpc) is 3.33. The van der Waals surface area contributed by atoms with Crippen molar-refractivity contribution in [3.63, 3.8) is 0 Å². The number of hydrogen-bond donors (Lipinski definition) is 1. The molecule has 204 valence electrons. The fourth-order valence-corrected chi connectivity index (χ4v) is 4.94. The highest BCUT2D eigenvalue weighted by atomic mass is 16.5. The van der Waals surface area contributed by atoms with E-state index in [1.165, 1.54) is 11.1 Å². The minimum atomic E-state index is 0.0397. The van der Waals surface area contributed by atoms with E-state index in [9.17, 15) is 4.79 Å². The fourth-order valence-electron chi connectivity index (χ4n) is 4.94. The van der Waals surface area contributed by atoms with Crippen molar-refractivity contribution >= 4 is 16.9 Å². The Morgan fingerprint density at radius 3 is 2.30 bits per heavy atom. The third-order valence-corrected chi connectivity index (χ3v) is 7.19. The van der Waals surface area contributed by atoms with Gasteiger partial charge in [-0.1, -0.05) is 92.7 Å². The van der Waals surface area contributed by atoms with Gasteiger partial charge in [0.1, 0.15) is 18.2 Å². The highest BCUT2D eigenvalue weighted by Crippen LogP contribution is 2.21. The monoisotopic (exact) mass is 531 g/mol. The van der Waals surface area contributed by atoms with Crippen molar-refractivity contribution in [3.05, 3.63) is 120 Å². The molecular formula is C35H37N3O2. The van der Waals surface area contributed by atoms with E-state index >= 15 is 0 Å². The SMILES string of the molecule is CC(C)c1ccc(OCCn2c(CCCNC(=O)Cc3ccc(-c4ccccc4)cc3)nc3ccccc32)cc1. The number of ether oxygens (including phenoxy) is 1. The molecule has 0 fully saturated rings. The van der Waals surface area contributed by atoms with Gasteiger partial charge < -0.3 is 14.6 Å². The van der Waals surface area contributed by atoms with Gasteiger partial charge in [0.15, 0.2) is 0 Å². The van der Waals surface area contributed by atoms with Crippen molar-refractivity contribution in [2.24, 2.45) is 0 Å². The number of aryl methyl sites for hydroxylation is 1. The maximum atomic E-state index is 12.6. The van der Waals surface area contributed by atoms with Crippen LogP contribution >= 0.6 is 0 Å². The number of fused-ring (bicyclic) bond motifs is 1. The second-order valence-corrected chi connectivity index (χ2v) is 10.4. The van der Waals surface area contributed by atoms with Crippen LogP contribution in [0, 0.1) is 0 Å². The summed E-state index contributed by atoms with van der Waals surface area (Å²) in [5.41, 5.74) is 6.75. The van der Waals surface area contributed by atoms with Crippen molar-refractivity contribution in [3.8, 4) is 16.9 Å². The standard InChI is InChI=1S/C35H37N3O2/c1-26(2)28-18-20-31(21-19-28)40-24-23-38-33-12-7-6-11-32(33)37-34(38)13-8-22-36-35(39)25-27-14-16-30(17-15-27)29-9-4-3-5-10-29/h3-7,9-12,14-21,26H,8,13,22-25H2,1-2H3,(H,36,39). The van der Waals surface area contributed by atoms with E-state index in [0.29, 0.717) is 32.0 Å². The van der Waals surface area contributed by atoms with E-state index in [0.717, 1.165) is 46.6 Å². The number of rotatable bonds is 12. The summed E-state index contributed by atoms with van der Waals surface area (Å²) in [7, 11) is 0. The number of imidazole rings is 1. The predicted molar refractivity (Wildman–Crippen MR) is 163 cm³/mol. The summed E-state index contributed by atoms with van der Waals surface area (Å²) in [5.74, 6) is 2.45. The topological polar surface area (TPSA) is 56.1 Å². The zero-order chi connectivity index (χ0) is 27.7. The van der Waals surface area contributed by atoms with Gasteiger partial charge in [-0.05, 0) is 58.9 Å². The molecule has 1 N–H and O–H groups in total. The summed E-state index contributed by atoms with van der Waals surface area (Å²) >= 11 is 0. The lowest BCUT2D eigenvalue weighted by Gasteiger charge is -2.12. The number of carbonyl (C=O) groups is 1. The van der Waals surface area contributed by atoms with Crippen LogP contribution in [-0.4, -0.2) is 28.6 Å². The summed E-state index contributed by atoms with van der Waals surface area (Å²) in [6.07, 6.45) is 1.98. The normalized spacial score (nSPS) is 11.2. The molecule has 4 aromatic carbocycles. The summed E-state index contributed by atoms with van der Waals surface area (Å²) < 4.78 is 8.30. The number of hydrogen-bond acceptors (Lipinski definition) is 3. The summed E-state index contributed by atoms with van der Waals surface area (Å²) in [6.45, 7) is 6.28. The van der Waals surface area contributed by atoms with E-state index in [1.807, 2.05) is 60.7 Å². The van der Waals surface area contributed by atoms with Gasteiger partial charge in [0.25, 0.3) is 0 Å². The molecular weight excluding hydrogens is 494 g/mol. The molecule has 5 nitrogen and oxygen atoms in total. The quantitative estimate of drug-likeness (QED) is 0.173. The largest absolute Gasteiger partial charge is 0.492 e. The van der Waals surface area contributed by atoms with Gasteiger partial charge in [-0.15, -0.1) is 0 Å². The molecule has 1 amide bonds. The number of benzene rings is 4. The second-order valence-electron chi connectivity index (χ2n) is 10.4. The minimum Gasteiger partial charge on any atom is -0.492 e. The zero-order valence-corrected chi connectivity index (χ0v) is 23.3. The van der Waals surface area contributed by atoms with E-state index in [1.54, 1.807) is 0 Å². The molecule has 0 aliphatic heterocycles. The van der Waals surface area contributed by atoms with Gasteiger partial charge in [-0.2, -0.15) is 0 Å². The molecule has 5 aromatic rings. The second kappa shape index (κ2) is 13.1. The molecule has 40 heavy (non-hydrogen) atoms. The third-order valence-electron chi connectivity index (χ3n) is 7.19. The van der Waals surface area contributed by atoms with E-state index in [4.69, 9.17) is 9.72 Å². The van der Waals surface area contributed by atoms with Crippen LogP contribution in [0.2, 0.25) is 0 Å². The predicted octanol–water partition coefficient (Wildman–Crippen LogP) is 7.20. The third kappa shape index (κ3) is 6.97. The lowest BCUT2D eigenvalue weighted by atomic mass is 10.0. The van der Waals surface area contributed by atoms with Gasteiger partial charge in [-0.25, -0.2) is 4.98 Å². The first kappa shape index (κ1) is 27.2.